The normalized spacial score (nSPS) is 14.0. The summed E-state index contributed by atoms with van der Waals surface area (Å²) in [5.41, 5.74) is 0. The van der Waals surface area contributed by atoms with E-state index in [2.05, 4.69) is 43.6 Å². The van der Waals surface area contributed by atoms with Crippen LogP contribution in [0.3, 0.4) is 0 Å². The molecule has 3 heteroatoms. The molecule has 0 rings (SSSR count). The van der Waals surface area contributed by atoms with Crippen LogP contribution < -0.4 is 0 Å². The monoisotopic (exact) mass is 171 g/mol. The van der Waals surface area contributed by atoms with Gasteiger partial charge in [0, 0.05) is 25.9 Å². The molecule has 0 aromatic carbocycles. The van der Waals surface area contributed by atoms with E-state index in [0.29, 0.717) is 5.04 Å². The first-order valence-corrected chi connectivity index (χ1v) is 9.75. The van der Waals surface area contributed by atoms with Crippen molar-refractivity contribution in [2.45, 2.75) is 38.9 Å². The van der Waals surface area contributed by atoms with Gasteiger partial charge >= 0.3 is 0 Å². The second kappa shape index (κ2) is 2.72. The molecule has 0 nitrogen and oxygen atoms in total. The lowest BCUT2D eigenvalue weighted by molar-refractivity contribution is 0.735. The standard InChI is InChI=1S/C6H15Si3/c1-6(2,3)9(4,5)8-7/h1-5H3. The Kier molecular flexibility index (Phi) is 2.91. The van der Waals surface area contributed by atoms with Gasteiger partial charge in [0.05, 0.1) is 0 Å². The van der Waals surface area contributed by atoms with Gasteiger partial charge in [-0.15, -0.1) is 0 Å². The lowest BCUT2D eigenvalue weighted by Gasteiger charge is -2.35. The van der Waals surface area contributed by atoms with Crippen LogP contribution in [0.15, 0.2) is 0 Å². The van der Waals surface area contributed by atoms with Crippen molar-refractivity contribution in [1.29, 1.82) is 0 Å². The van der Waals surface area contributed by atoms with Crippen LogP contribution in [0.2, 0.25) is 18.1 Å². The van der Waals surface area contributed by atoms with E-state index in [-0.39, 0.29) is 0 Å². The largest absolute Gasteiger partial charge is 0.0715 e. The molecular weight excluding hydrogens is 156 g/mol. The molecule has 0 atom stereocenters. The van der Waals surface area contributed by atoms with Gasteiger partial charge in [0.2, 0.25) is 0 Å². The third-order valence-corrected chi connectivity index (χ3v) is 16.3. The molecule has 0 unspecified atom stereocenters. The summed E-state index contributed by atoms with van der Waals surface area (Å²) in [6, 6.07) is 0. The average Bonchev–Trinajstić information content (AvgIpc) is 1.64. The first-order chi connectivity index (χ1) is 3.81. The Labute approximate surface area is 65.3 Å². The Balaban J connectivity index is 4.14. The fourth-order valence-electron chi connectivity index (χ4n) is 0.188. The van der Waals surface area contributed by atoms with Gasteiger partial charge in [-0.25, -0.2) is 0 Å². The van der Waals surface area contributed by atoms with Gasteiger partial charge in [-0.2, -0.15) is 0 Å². The second-order valence-corrected chi connectivity index (χ2v) is 15.8. The zero-order chi connectivity index (χ0) is 7.71. The molecule has 0 saturated heterocycles. The summed E-state index contributed by atoms with van der Waals surface area (Å²) < 4.78 is 0. The van der Waals surface area contributed by atoms with E-state index >= 15 is 0 Å². The highest BCUT2D eigenvalue weighted by Gasteiger charge is 2.32. The Morgan fingerprint density at radius 1 is 1.22 bits per heavy atom. The van der Waals surface area contributed by atoms with Crippen molar-refractivity contribution >= 4 is 25.9 Å². The van der Waals surface area contributed by atoms with Crippen LogP contribution in [0, 0.1) is 0 Å². The van der Waals surface area contributed by atoms with E-state index in [0.717, 1.165) is 8.55 Å². The van der Waals surface area contributed by atoms with Crippen LogP contribution in [-0.4, -0.2) is 25.9 Å². The molecule has 0 saturated carbocycles. The molecule has 0 bridgehead atoms. The van der Waals surface area contributed by atoms with E-state index in [9.17, 15) is 0 Å². The van der Waals surface area contributed by atoms with E-state index in [1.807, 2.05) is 0 Å². The van der Waals surface area contributed by atoms with Gasteiger partial charge < -0.3 is 0 Å². The van der Waals surface area contributed by atoms with E-state index < -0.39 is 7.59 Å². The topological polar surface area (TPSA) is 0 Å². The molecule has 5 radical (unpaired) electrons. The fraction of sp³-hybridized carbons (Fsp3) is 1.00. The summed E-state index contributed by atoms with van der Waals surface area (Å²) in [6.07, 6.45) is 0. The Hall–Kier alpha value is 0.651. The van der Waals surface area contributed by atoms with Crippen molar-refractivity contribution in [2.75, 3.05) is 0 Å². The van der Waals surface area contributed by atoms with E-state index in [1.54, 1.807) is 0 Å². The minimum atomic E-state index is -0.938. The van der Waals surface area contributed by atoms with Crippen molar-refractivity contribution in [3.8, 4) is 0 Å². The Bertz CT molecular complexity index is 91.0. The third-order valence-electron chi connectivity index (χ3n) is 2.19. The smallest absolute Gasteiger partial charge is 0.0374 e. The number of hydrogen-bond acceptors (Lipinski definition) is 0. The molecule has 9 heavy (non-hydrogen) atoms. The lowest BCUT2D eigenvalue weighted by Crippen LogP contribution is -2.44. The molecule has 0 heterocycles. The molecule has 0 aliphatic heterocycles. The minimum absolute atomic E-state index is 0.549. The van der Waals surface area contributed by atoms with Crippen LogP contribution in [0.5, 0.6) is 0 Å². The van der Waals surface area contributed by atoms with Crippen molar-refractivity contribution in [2.24, 2.45) is 0 Å². The van der Waals surface area contributed by atoms with Crippen molar-refractivity contribution in [3.63, 3.8) is 0 Å². The highest BCUT2D eigenvalue weighted by Crippen LogP contribution is 2.34. The van der Waals surface area contributed by atoms with Gasteiger partial charge in [0.15, 0.2) is 0 Å². The SMILES string of the molecule is CC(C)(C)[Si](C)(C)[Si][Si]. The minimum Gasteiger partial charge on any atom is -0.0715 e. The third kappa shape index (κ3) is 2.39. The van der Waals surface area contributed by atoms with E-state index in [4.69, 9.17) is 0 Å². The van der Waals surface area contributed by atoms with Crippen LogP contribution in [0.25, 0.3) is 0 Å². The Morgan fingerprint density at radius 2 is 1.56 bits per heavy atom. The molecular formula is C6H15Si3. The summed E-state index contributed by atoms with van der Waals surface area (Å²) in [5, 5.41) is 0.549. The zero-order valence-corrected chi connectivity index (χ0v) is 10.0. The summed E-state index contributed by atoms with van der Waals surface area (Å²) in [5.74, 6) is 0. The first kappa shape index (κ1) is 9.65. The molecule has 0 aromatic rings. The number of hydrogen-bond donors (Lipinski definition) is 0. The van der Waals surface area contributed by atoms with Crippen LogP contribution >= 0.6 is 0 Å². The zero-order valence-electron chi connectivity index (χ0n) is 7.00. The molecule has 51 valence electrons. The summed E-state index contributed by atoms with van der Waals surface area (Å²) in [6.45, 7) is 11.9. The van der Waals surface area contributed by atoms with Crippen molar-refractivity contribution in [1.82, 2.24) is 0 Å². The molecule has 0 fully saturated rings. The predicted octanol–water partition coefficient (Wildman–Crippen LogP) is 1.78. The molecule has 0 aromatic heterocycles. The van der Waals surface area contributed by atoms with Gasteiger partial charge in [-0.1, -0.05) is 33.9 Å². The van der Waals surface area contributed by atoms with Gasteiger partial charge in [-0.05, 0) is 5.04 Å². The predicted molar refractivity (Wildman–Crippen MR) is 48.7 cm³/mol. The number of rotatable bonds is 1. The second-order valence-electron chi connectivity index (χ2n) is 4.00. The summed E-state index contributed by atoms with van der Waals surface area (Å²) in [7, 11) is 3.69. The summed E-state index contributed by atoms with van der Waals surface area (Å²) >= 11 is 0. The maximum atomic E-state index is 3.64. The van der Waals surface area contributed by atoms with Crippen LogP contribution in [-0.2, 0) is 0 Å². The molecule has 0 spiro atoms. The quantitative estimate of drug-likeness (QED) is 0.528. The Morgan fingerprint density at radius 3 is 1.56 bits per heavy atom. The van der Waals surface area contributed by atoms with Crippen molar-refractivity contribution < 1.29 is 0 Å². The van der Waals surface area contributed by atoms with Gasteiger partial charge in [0.1, 0.15) is 0 Å². The molecule has 0 amide bonds. The van der Waals surface area contributed by atoms with Gasteiger partial charge in [-0.3, -0.25) is 0 Å². The van der Waals surface area contributed by atoms with Crippen LogP contribution in [0.1, 0.15) is 20.8 Å². The molecule has 0 N–H and O–H groups in total. The molecule has 0 aliphatic rings. The molecule has 0 aliphatic carbocycles. The lowest BCUT2D eigenvalue weighted by atomic mass is 10.2. The first-order valence-electron chi connectivity index (χ1n) is 3.25. The average molecular weight is 171 g/mol. The van der Waals surface area contributed by atoms with Gasteiger partial charge in [0.25, 0.3) is 0 Å². The maximum Gasteiger partial charge on any atom is 0.0374 e. The summed E-state index contributed by atoms with van der Waals surface area (Å²) in [4.78, 5) is 0. The fourth-order valence-corrected chi connectivity index (χ4v) is 5.06. The van der Waals surface area contributed by atoms with Crippen LogP contribution in [0.4, 0.5) is 0 Å². The highest BCUT2D eigenvalue weighted by atomic mass is 29.5. The maximum absolute atomic E-state index is 3.64. The van der Waals surface area contributed by atoms with Crippen molar-refractivity contribution in [3.05, 3.63) is 0 Å². The van der Waals surface area contributed by atoms with E-state index in [1.165, 1.54) is 0 Å². The highest BCUT2D eigenvalue weighted by molar-refractivity contribution is 7.40.